The number of pyridine rings is 1. The monoisotopic (exact) mass is 537 g/mol. The van der Waals surface area contributed by atoms with E-state index in [1.165, 1.54) is 18.2 Å². The molecule has 2 amide bonds. The Morgan fingerprint density at radius 2 is 1.69 bits per heavy atom. The number of halogens is 2. The average molecular weight is 538 g/mol. The molecule has 180 valence electrons. The molecule has 0 spiro atoms. The van der Waals surface area contributed by atoms with Crippen LogP contribution in [0.5, 0.6) is 0 Å². The van der Waals surface area contributed by atoms with E-state index in [-0.39, 0.29) is 28.0 Å². The zero-order chi connectivity index (χ0) is 24.9. The maximum Gasteiger partial charge on any atom is 0.321 e. The predicted molar refractivity (Wildman–Crippen MR) is 138 cm³/mol. The zero-order valence-corrected chi connectivity index (χ0v) is 20.7. The van der Waals surface area contributed by atoms with Gasteiger partial charge in [0.05, 0.1) is 4.47 Å². The van der Waals surface area contributed by atoms with Crippen molar-refractivity contribution in [1.82, 2.24) is 9.88 Å². The molecule has 0 unspecified atom stereocenters. The number of rotatable bonds is 5. The molecule has 2 heterocycles. The highest BCUT2D eigenvalue weighted by Crippen LogP contribution is 2.24. The van der Waals surface area contributed by atoms with Gasteiger partial charge in [-0.2, -0.15) is 0 Å². The van der Waals surface area contributed by atoms with Gasteiger partial charge < -0.3 is 15.5 Å². The van der Waals surface area contributed by atoms with Crippen LogP contribution in [0.1, 0.15) is 18.5 Å². The van der Waals surface area contributed by atoms with Crippen LogP contribution in [-0.4, -0.2) is 40.6 Å². The standard InChI is InChI=1S/C26H25BrFN5O2/c1-16-14-19(8-11-30-16)17-2-4-20(5-3-17)32-26(35)33-12-9-18(10-13-33)24(34)25(29)31-21-6-7-23(28)22(27)15-21/h2-8,11,14-15,18H,9-10,12-13H2,1H3,(H2,29,31)(H,32,35). The van der Waals surface area contributed by atoms with Crippen molar-refractivity contribution in [3.8, 4) is 11.1 Å². The van der Waals surface area contributed by atoms with Gasteiger partial charge in [-0.25, -0.2) is 9.18 Å². The summed E-state index contributed by atoms with van der Waals surface area (Å²) in [5, 5.41) is 13.7. The third kappa shape index (κ3) is 6.10. The molecule has 9 heteroatoms. The number of carbonyl (C=O) groups excluding carboxylic acids is 2. The number of nitrogens with zero attached hydrogens (tertiary/aromatic N) is 2. The Morgan fingerprint density at radius 3 is 2.34 bits per heavy atom. The minimum Gasteiger partial charge on any atom is -0.338 e. The third-order valence-corrected chi connectivity index (χ3v) is 6.56. The summed E-state index contributed by atoms with van der Waals surface area (Å²) in [6.45, 7) is 2.79. The molecular formula is C26H25BrFN5O2. The molecule has 1 aliphatic rings. The number of urea groups is 1. The largest absolute Gasteiger partial charge is 0.338 e. The SMILES string of the molecule is Cc1cc(-c2ccc(NC(=O)N3CCC(C(=O)C(=N)Nc4ccc(F)c(Br)c4)CC3)cc2)ccn1. The number of amides is 2. The number of aromatic nitrogens is 1. The number of amidine groups is 1. The van der Waals surface area contributed by atoms with Crippen LogP contribution >= 0.6 is 15.9 Å². The molecule has 0 aliphatic carbocycles. The van der Waals surface area contributed by atoms with Crippen molar-refractivity contribution in [2.45, 2.75) is 19.8 Å². The van der Waals surface area contributed by atoms with Gasteiger partial charge in [0.25, 0.3) is 0 Å². The number of aryl methyl sites for hydroxylation is 1. The highest BCUT2D eigenvalue weighted by atomic mass is 79.9. The number of likely N-dealkylation sites (tertiary alicyclic amines) is 1. The summed E-state index contributed by atoms with van der Waals surface area (Å²) in [5.41, 5.74) is 4.19. The molecule has 3 N–H and O–H groups in total. The van der Waals surface area contributed by atoms with Gasteiger partial charge in [-0.15, -0.1) is 0 Å². The van der Waals surface area contributed by atoms with Crippen molar-refractivity contribution >= 4 is 45.0 Å². The Kier molecular flexibility index (Phi) is 7.55. The topological polar surface area (TPSA) is 98.2 Å². The highest BCUT2D eigenvalue weighted by Gasteiger charge is 2.29. The van der Waals surface area contributed by atoms with Gasteiger partial charge in [-0.05, 0) is 89.3 Å². The number of nitrogens with one attached hydrogen (secondary N) is 3. The lowest BCUT2D eigenvalue weighted by molar-refractivity contribution is -0.117. The lowest BCUT2D eigenvalue weighted by atomic mass is 9.92. The number of hydrogen-bond acceptors (Lipinski definition) is 4. The Balaban J connectivity index is 1.28. The Bertz CT molecular complexity index is 1260. The summed E-state index contributed by atoms with van der Waals surface area (Å²) >= 11 is 3.09. The minimum atomic E-state index is -0.418. The minimum absolute atomic E-state index is 0.215. The first-order valence-electron chi connectivity index (χ1n) is 11.2. The van der Waals surface area contributed by atoms with Crippen molar-refractivity contribution in [3.05, 3.63) is 76.8 Å². The summed E-state index contributed by atoms with van der Waals surface area (Å²) in [7, 11) is 0. The second kappa shape index (κ2) is 10.8. The molecule has 1 aliphatic heterocycles. The Hall–Kier alpha value is -3.59. The Morgan fingerprint density at radius 1 is 1.00 bits per heavy atom. The van der Waals surface area contributed by atoms with Crippen molar-refractivity contribution in [2.24, 2.45) is 5.92 Å². The highest BCUT2D eigenvalue weighted by molar-refractivity contribution is 9.10. The maximum atomic E-state index is 13.4. The number of hydrogen-bond donors (Lipinski definition) is 3. The smallest absolute Gasteiger partial charge is 0.321 e. The lowest BCUT2D eigenvalue weighted by Crippen LogP contribution is -2.44. The summed E-state index contributed by atoms with van der Waals surface area (Å²) in [5.74, 6) is -1.31. The van der Waals surface area contributed by atoms with Crippen LogP contribution in [0.4, 0.5) is 20.6 Å². The zero-order valence-electron chi connectivity index (χ0n) is 19.1. The van der Waals surface area contributed by atoms with Crippen LogP contribution in [0.3, 0.4) is 0 Å². The van der Waals surface area contributed by atoms with Crippen molar-refractivity contribution in [3.63, 3.8) is 0 Å². The summed E-state index contributed by atoms with van der Waals surface area (Å²) < 4.78 is 13.6. The second-order valence-corrected chi connectivity index (χ2v) is 9.30. The molecule has 35 heavy (non-hydrogen) atoms. The van der Waals surface area contributed by atoms with Gasteiger partial charge in [0, 0.05) is 42.3 Å². The van der Waals surface area contributed by atoms with Crippen molar-refractivity contribution in [1.29, 1.82) is 5.41 Å². The first kappa shape index (κ1) is 24.5. The van der Waals surface area contributed by atoms with E-state index < -0.39 is 5.82 Å². The van der Waals surface area contributed by atoms with Crippen LogP contribution < -0.4 is 10.6 Å². The molecule has 0 bridgehead atoms. The van der Waals surface area contributed by atoms with E-state index in [9.17, 15) is 14.0 Å². The molecule has 1 saturated heterocycles. The maximum absolute atomic E-state index is 13.4. The fourth-order valence-electron chi connectivity index (χ4n) is 4.00. The molecule has 0 saturated carbocycles. The average Bonchev–Trinajstić information content (AvgIpc) is 2.86. The van der Waals surface area contributed by atoms with Gasteiger partial charge >= 0.3 is 6.03 Å². The predicted octanol–water partition coefficient (Wildman–Crippen LogP) is 5.86. The fourth-order valence-corrected chi connectivity index (χ4v) is 4.38. The van der Waals surface area contributed by atoms with E-state index in [2.05, 4.69) is 31.5 Å². The first-order chi connectivity index (χ1) is 16.8. The lowest BCUT2D eigenvalue weighted by Gasteiger charge is -2.31. The van der Waals surface area contributed by atoms with Gasteiger partial charge in [0.1, 0.15) is 5.82 Å². The Labute approximate surface area is 211 Å². The fraction of sp³-hybridized carbons (Fsp3) is 0.231. The van der Waals surface area contributed by atoms with E-state index in [1.807, 2.05) is 43.3 Å². The van der Waals surface area contributed by atoms with Crippen LogP contribution in [0.2, 0.25) is 0 Å². The molecule has 4 rings (SSSR count). The van der Waals surface area contributed by atoms with E-state index in [0.29, 0.717) is 37.3 Å². The number of piperidine rings is 1. The third-order valence-electron chi connectivity index (χ3n) is 5.95. The molecule has 3 aromatic rings. The summed E-state index contributed by atoms with van der Waals surface area (Å²) in [6, 6.07) is 15.6. The second-order valence-electron chi connectivity index (χ2n) is 8.45. The van der Waals surface area contributed by atoms with Gasteiger partial charge in [0.2, 0.25) is 5.78 Å². The van der Waals surface area contributed by atoms with E-state index in [4.69, 9.17) is 5.41 Å². The molecule has 1 fully saturated rings. The summed E-state index contributed by atoms with van der Waals surface area (Å²) in [4.78, 5) is 31.3. The molecule has 1 aromatic heterocycles. The first-order valence-corrected chi connectivity index (χ1v) is 12.0. The van der Waals surface area contributed by atoms with E-state index in [1.54, 1.807) is 11.1 Å². The van der Waals surface area contributed by atoms with E-state index in [0.717, 1.165) is 16.8 Å². The quantitative estimate of drug-likeness (QED) is 0.280. The van der Waals surface area contributed by atoms with Crippen LogP contribution in [0.15, 0.2) is 65.3 Å². The molecular weight excluding hydrogens is 513 g/mol. The number of anilines is 2. The summed E-state index contributed by atoms with van der Waals surface area (Å²) in [6.07, 6.45) is 2.72. The van der Waals surface area contributed by atoms with Gasteiger partial charge in [-0.3, -0.25) is 15.2 Å². The number of ketones is 1. The molecule has 7 nitrogen and oxygen atoms in total. The van der Waals surface area contributed by atoms with Crippen LogP contribution in [-0.2, 0) is 4.79 Å². The molecule has 0 radical (unpaired) electrons. The van der Waals surface area contributed by atoms with Crippen molar-refractivity contribution in [2.75, 3.05) is 23.7 Å². The van der Waals surface area contributed by atoms with Gasteiger partial charge in [0.15, 0.2) is 5.84 Å². The van der Waals surface area contributed by atoms with Crippen LogP contribution in [0.25, 0.3) is 11.1 Å². The number of Topliss-reactive ketones (excluding diaryl/α,β-unsaturated/α-hetero) is 1. The van der Waals surface area contributed by atoms with E-state index >= 15 is 0 Å². The number of carbonyl (C=O) groups is 2. The van der Waals surface area contributed by atoms with Gasteiger partial charge in [-0.1, -0.05) is 12.1 Å². The molecule has 0 atom stereocenters. The van der Waals surface area contributed by atoms with Crippen LogP contribution in [0, 0.1) is 24.1 Å². The number of benzene rings is 2. The molecule has 2 aromatic carbocycles. The normalized spacial score (nSPS) is 13.9. The van der Waals surface area contributed by atoms with Crippen molar-refractivity contribution < 1.29 is 14.0 Å².